The molecular formula is C24H42O3. The van der Waals surface area contributed by atoms with Crippen LogP contribution in [0.25, 0.3) is 0 Å². The number of carbonyl (C=O) groups is 2. The van der Waals surface area contributed by atoms with Gasteiger partial charge >= 0.3 is 0 Å². The molecule has 3 heteroatoms. The standard InChI is InChI=1S/3C8H14O/c1-8-6-4-2-3-5-7(8)9-8;2*1-7-5-3-2-4-6-8(7)9/h3*7H,2-6H2,1H3. The lowest BCUT2D eigenvalue weighted by Gasteiger charge is -2.02. The molecule has 0 spiro atoms. The lowest BCUT2D eigenvalue weighted by atomic mass is 10.0. The maximum atomic E-state index is 11.0. The van der Waals surface area contributed by atoms with Gasteiger partial charge in [-0.1, -0.05) is 58.8 Å². The highest BCUT2D eigenvalue weighted by Gasteiger charge is 2.51. The maximum Gasteiger partial charge on any atom is 0.135 e. The van der Waals surface area contributed by atoms with Gasteiger partial charge in [0.1, 0.15) is 11.6 Å². The minimum atomic E-state index is 0.330. The first-order valence-corrected chi connectivity index (χ1v) is 11.7. The summed E-state index contributed by atoms with van der Waals surface area (Å²) in [6.07, 6.45) is 18.7. The van der Waals surface area contributed by atoms with E-state index in [0.717, 1.165) is 38.5 Å². The molecule has 156 valence electrons. The lowest BCUT2D eigenvalue weighted by molar-refractivity contribution is -0.122. The van der Waals surface area contributed by atoms with Crippen molar-refractivity contribution in [2.75, 3.05) is 0 Å². The van der Waals surface area contributed by atoms with E-state index in [1.165, 1.54) is 57.8 Å². The summed E-state index contributed by atoms with van der Waals surface area (Å²) in [5.41, 5.74) is 0.330. The van der Waals surface area contributed by atoms with Crippen LogP contribution in [-0.4, -0.2) is 23.3 Å². The summed E-state index contributed by atoms with van der Waals surface area (Å²) < 4.78 is 5.55. The Bertz CT molecular complexity index is 444. The highest BCUT2D eigenvalue weighted by atomic mass is 16.6. The van der Waals surface area contributed by atoms with Gasteiger partial charge in [-0.2, -0.15) is 0 Å². The third-order valence-electron chi connectivity index (χ3n) is 6.89. The largest absolute Gasteiger partial charge is 0.366 e. The fourth-order valence-corrected chi connectivity index (χ4v) is 4.53. The second kappa shape index (κ2) is 11.3. The van der Waals surface area contributed by atoms with Crippen molar-refractivity contribution in [2.24, 2.45) is 11.8 Å². The number of fused-ring (bicyclic) bond motifs is 1. The third kappa shape index (κ3) is 8.05. The van der Waals surface area contributed by atoms with Gasteiger partial charge in [-0.25, -0.2) is 0 Å². The van der Waals surface area contributed by atoms with Crippen LogP contribution in [0.4, 0.5) is 0 Å². The molecule has 1 aliphatic heterocycles. The van der Waals surface area contributed by atoms with Gasteiger partial charge < -0.3 is 4.74 Å². The van der Waals surface area contributed by atoms with E-state index in [4.69, 9.17) is 4.74 Å². The van der Waals surface area contributed by atoms with Crippen LogP contribution in [0, 0.1) is 11.8 Å². The van der Waals surface area contributed by atoms with Gasteiger partial charge in [0, 0.05) is 24.7 Å². The summed E-state index contributed by atoms with van der Waals surface area (Å²) in [6, 6.07) is 0. The quantitative estimate of drug-likeness (QED) is 0.361. The molecule has 0 aromatic carbocycles. The van der Waals surface area contributed by atoms with E-state index in [0.29, 0.717) is 35.1 Å². The van der Waals surface area contributed by atoms with Gasteiger partial charge in [0.05, 0.1) is 11.7 Å². The first kappa shape index (κ1) is 22.6. The van der Waals surface area contributed by atoms with E-state index >= 15 is 0 Å². The number of hydrogen-bond acceptors (Lipinski definition) is 3. The molecule has 1 saturated heterocycles. The second-order valence-electron chi connectivity index (χ2n) is 9.45. The van der Waals surface area contributed by atoms with Crippen LogP contribution >= 0.6 is 0 Å². The van der Waals surface area contributed by atoms with Gasteiger partial charge in [-0.15, -0.1) is 0 Å². The highest BCUT2D eigenvalue weighted by molar-refractivity contribution is 5.81. The first-order valence-electron chi connectivity index (χ1n) is 11.7. The van der Waals surface area contributed by atoms with Crippen LogP contribution in [0.5, 0.6) is 0 Å². The SMILES string of the molecule is CC12CCCCCC1O2.CC1CCCCCC1=O.CC1CCCCCC1=O. The Labute approximate surface area is 167 Å². The molecular weight excluding hydrogens is 336 g/mol. The predicted octanol–water partition coefficient (Wildman–Crippen LogP) is 6.42. The molecule has 4 aliphatic rings. The predicted molar refractivity (Wildman–Crippen MR) is 111 cm³/mol. The van der Waals surface area contributed by atoms with Crippen molar-refractivity contribution in [3.05, 3.63) is 0 Å². The number of carbonyl (C=O) groups excluding carboxylic acids is 2. The maximum absolute atomic E-state index is 11.0. The van der Waals surface area contributed by atoms with Crippen molar-refractivity contribution in [3.63, 3.8) is 0 Å². The van der Waals surface area contributed by atoms with E-state index in [9.17, 15) is 9.59 Å². The molecule has 0 amide bonds. The molecule has 27 heavy (non-hydrogen) atoms. The van der Waals surface area contributed by atoms with E-state index in [-0.39, 0.29) is 0 Å². The molecule has 0 N–H and O–H groups in total. The molecule has 4 atom stereocenters. The lowest BCUT2D eigenvalue weighted by Crippen LogP contribution is -2.06. The molecule has 4 rings (SSSR count). The average molecular weight is 379 g/mol. The molecule has 1 heterocycles. The topological polar surface area (TPSA) is 46.7 Å². The molecule has 4 unspecified atom stereocenters. The van der Waals surface area contributed by atoms with Crippen molar-refractivity contribution in [3.8, 4) is 0 Å². The van der Waals surface area contributed by atoms with Crippen molar-refractivity contribution >= 4 is 11.6 Å². The molecule has 3 aliphatic carbocycles. The molecule has 3 saturated carbocycles. The Hall–Kier alpha value is -0.700. The van der Waals surface area contributed by atoms with Crippen molar-refractivity contribution in [1.82, 2.24) is 0 Å². The average Bonchev–Trinajstić information content (AvgIpc) is 3.38. The van der Waals surface area contributed by atoms with Crippen LogP contribution < -0.4 is 0 Å². The number of epoxide rings is 1. The van der Waals surface area contributed by atoms with E-state index in [2.05, 4.69) is 6.92 Å². The van der Waals surface area contributed by atoms with E-state index in [1.807, 2.05) is 13.8 Å². The van der Waals surface area contributed by atoms with E-state index in [1.54, 1.807) is 0 Å². The zero-order chi connectivity index (χ0) is 19.7. The summed E-state index contributed by atoms with van der Waals surface area (Å²) >= 11 is 0. The van der Waals surface area contributed by atoms with Crippen LogP contribution in [0.2, 0.25) is 0 Å². The molecule has 0 radical (unpaired) electrons. The summed E-state index contributed by atoms with van der Waals surface area (Å²) in [6.45, 7) is 6.35. The summed E-state index contributed by atoms with van der Waals surface area (Å²) in [5.74, 6) is 1.67. The van der Waals surface area contributed by atoms with Crippen LogP contribution in [-0.2, 0) is 14.3 Å². The van der Waals surface area contributed by atoms with Gasteiger partial charge in [0.2, 0.25) is 0 Å². The van der Waals surface area contributed by atoms with Crippen molar-refractivity contribution in [1.29, 1.82) is 0 Å². The summed E-state index contributed by atoms with van der Waals surface area (Å²) in [4.78, 5) is 22.0. The first-order chi connectivity index (χ1) is 12.9. The van der Waals surface area contributed by atoms with Crippen LogP contribution in [0.3, 0.4) is 0 Å². The number of ketones is 2. The minimum absolute atomic E-state index is 0.330. The van der Waals surface area contributed by atoms with Gasteiger partial charge in [-0.3, -0.25) is 9.59 Å². The highest BCUT2D eigenvalue weighted by Crippen LogP contribution is 2.45. The summed E-state index contributed by atoms with van der Waals surface area (Å²) in [5, 5.41) is 0. The molecule has 4 fully saturated rings. The Kier molecular flexibility index (Phi) is 9.48. The Morgan fingerprint density at radius 3 is 1.74 bits per heavy atom. The fourth-order valence-electron chi connectivity index (χ4n) is 4.53. The Morgan fingerprint density at radius 1 is 0.704 bits per heavy atom. The zero-order valence-corrected chi connectivity index (χ0v) is 18.1. The number of rotatable bonds is 0. The zero-order valence-electron chi connectivity index (χ0n) is 18.1. The van der Waals surface area contributed by atoms with Gasteiger partial charge in [0.15, 0.2) is 0 Å². The molecule has 0 bridgehead atoms. The third-order valence-corrected chi connectivity index (χ3v) is 6.89. The van der Waals surface area contributed by atoms with Gasteiger partial charge in [0.25, 0.3) is 0 Å². The monoisotopic (exact) mass is 378 g/mol. The smallest absolute Gasteiger partial charge is 0.135 e. The number of hydrogen-bond donors (Lipinski definition) is 0. The number of ether oxygens (including phenoxy) is 1. The van der Waals surface area contributed by atoms with Crippen LogP contribution in [0.15, 0.2) is 0 Å². The van der Waals surface area contributed by atoms with E-state index < -0.39 is 0 Å². The minimum Gasteiger partial charge on any atom is -0.366 e. The summed E-state index contributed by atoms with van der Waals surface area (Å²) in [7, 11) is 0. The normalized spacial score (nSPS) is 36.5. The molecule has 0 aromatic rings. The van der Waals surface area contributed by atoms with Crippen molar-refractivity contribution < 1.29 is 14.3 Å². The van der Waals surface area contributed by atoms with Crippen molar-refractivity contribution in [2.45, 2.75) is 129 Å². The second-order valence-corrected chi connectivity index (χ2v) is 9.45. The van der Waals surface area contributed by atoms with Gasteiger partial charge in [-0.05, 0) is 45.4 Å². The Morgan fingerprint density at radius 2 is 1.19 bits per heavy atom. The molecule has 3 nitrogen and oxygen atoms in total. The van der Waals surface area contributed by atoms with Crippen LogP contribution in [0.1, 0.15) is 117 Å². The molecule has 0 aromatic heterocycles. The Balaban J connectivity index is 0.000000145. The number of Topliss-reactive ketones (excluding diaryl/α,β-unsaturated/α-hetero) is 2. The fraction of sp³-hybridized carbons (Fsp3) is 0.917.